The van der Waals surface area contributed by atoms with Crippen molar-refractivity contribution in [3.8, 4) is 0 Å². The standard InChI is InChI=1S/C12H24N2OS/c1-9-6-14(7-10(2)16-9)12(8-13)4-11(5-12)15-3/h9-11H,4-8,13H2,1-3H3. The third kappa shape index (κ3) is 2.26. The first kappa shape index (κ1) is 12.7. The topological polar surface area (TPSA) is 38.5 Å². The molecule has 1 heterocycles. The highest BCUT2D eigenvalue weighted by Gasteiger charge is 2.49. The molecule has 1 saturated heterocycles. The lowest BCUT2D eigenvalue weighted by Crippen LogP contribution is -2.66. The molecular formula is C12H24N2OS. The molecule has 2 atom stereocenters. The predicted octanol–water partition coefficient (Wildman–Crippen LogP) is 1.32. The number of ether oxygens (including phenoxy) is 1. The molecule has 0 bridgehead atoms. The fourth-order valence-electron chi connectivity index (χ4n) is 3.07. The summed E-state index contributed by atoms with van der Waals surface area (Å²) in [6.45, 7) is 7.79. The molecule has 0 radical (unpaired) electrons. The number of methoxy groups -OCH3 is 1. The monoisotopic (exact) mass is 244 g/mol. The Kier molecular flexibility index (Phi) is 3.84. The van der Waals surface area contributed by atoms with E-state index in [1.165, 1.54) is 13.1 Å². The predicted molar refractivity (Wildman–Crippen MR) is 69.9 cm³/mol. The van der Waals surface area contributed by atoms with E-state index >= 15 is 0 Å². The lowest BCUT2D eigenvalue weighted by molar-refractivity contribution is -0.0875. The van der Waals surface area contributed by atoms with E-state index < -0.39 is 0 Å². The van der Waals surface area contributed by atoms with E-state index in [0.29, 0.717) is 6.10 Å². The first-order valence-corrected chi connectivity index (χ1v) is 7.17. The molecule has 2 N–H and O–H groups in total. The number of hydrogen-bond acceptors (Lipinski definition) is 4. The van der Waals surface area contributed by atoms with Gasteiger partial charge in [-0.1, -0.05) is 13.8 Å². The molecule has 0 amide bonds. The van der Waals surface area contributed by atoms with E-state index in [0.717, 1.165) is 29.9 Å². The van der Waals surface area contributed by atoms with Gasteiger partial charge in [-0.15, -0.1) is 0 Å². The quantitative estimate of drug-likeness (QED) is 0.812. The lowest BCUT2D eigenvalue weighted by atomic mass is 9.72. The summed E-state index contributed by atoms with van der Waals surface area (Å²) in [6.07, 6.45) is 2.66. The van der Waals surface area contributed by atoms with Gasteiger partial charge in [0.05, 0.1) is 6.10 Å². The van der Waals surface area contributed by atoms with Crippen LogP contribution in [-0.2, 0) is 4.74 Å². The van der Waals surface area contributed by atoms with Gasteiger partial charge in [0, 0.05) is 42.8 Å². The molecule has 1 aliphatic heterocycles. The van der Waals surface area contributed by atoms with Gasteiger partial charge in [0.15, 0.2) is 0 Å². The SMILES string of the molecule is COC1CC(CN)(N2CC(C)SC(C)C2)C1. The Morgan fingerprint density at radius 3 is 2.31 bits per heavy atom. The summed E-state index contributed by atoms with van der Waals surface area (Å²) >= 11 is 2.10. The molecule has 0 spiro atoms. The summed E-state index contributed by atoms with van der Waals surface area (Å²) in [5, 5.41) is 1.46. The lowest BCUT2D eigenvalue weighted by Gasteiger charge is -2.56. The zero-order valence-corrected chi connectivity index (χ0v) is 11.4. The van der Waals surface area contributed by atoms with Crippen molar-refractivity contribution < 1.29 is 4.74 Å². The van der Waals surface area contributed by atoms with Gasteiger partial charge in [-0.3, -0.25) is 4.90 Å². The molecule has 4 heteroatoms. The van der Waals surface area contributed by atoms with Crippen LogP contribution in [0.15, 0.2) is 0 Å². The van der Waals surface area contributed by atoms with Crippen LogP contribution in [0.3, 0.4) is 0 Å². The highest BCUT2D eigenvalue weighted by molar-refractivity contribution is 8.00. The van der Waals surface area contributed by atoms with Gasteiger partial charge in [0.1, 0.15) is 0 Å². The van der Waals surface area contributed by atoms with Crippen molar-refractivity contribution in [1.82, 2.24) is 4.90 Å². The summed E-state index contributed by atoms with van der Waals surface area (Å²) in [4.78, 5) is 2.62. The van der Waals surface area contributed by atoms with Crippen molar-refractivity contribution >= 4 is 11.8 Å². The molecule has 0 aromatic heterocycles. The summed E-state index contributed by atoms with van der Waals surface area (Å²) in [5.74, 6) is 0. The van der Waals surface area contributed by atoms with Crippen LogP contribution < -0.4 is 5.73 Å². The van der Waals surface area contributed by atoms with Crippen LogP contribution in [0.4, 0.5) is 0 Å². The van der Waals surface area contributed by atoms with Gasteiger partial charge in [-0.05, 0) is 12.8 Å². The molecule has 0 aromatic rings. The van der Waals surface area contributed by atoms with Crippen LogP contribution in [0.2, 0.25) is 0 Å². The van der Waals surface area contributed by atoms with E-state index in [4.69, 9.17) is 10.5 Å². The molecule has 2 fully saturated rings. The van der Waals surface area contributed by atoms with Gasteiger partial charge >= 0.3 is 0 Å². The third-order valence-corrected chi connectivity index (χ3v) is 5.25. The van der Waals surface area contributed by atoms with Crippen LogP contribution in [0.1, 0.15) is 26.7 Å². The molecule has 0 aromatic carbocycles. The Balaban J connectivity index is 1.99. The van der Waals surface area contributed by atoms with Crippen LogP contribution in [-0.4, -0.2) is 53.8 Å². The van der Waals surface area contributed by atoms with Gasteiger partial charge < -0.3 is 10.5 Å². The third-order valence-electron chi connectivity index (χ3n) is 4.02. The molecule has 2 aliphatic rings. The number of nitrogens with two attached hydrogens (primary N) is 1. The average molecular weight is 244 g/mol. The zero-order chi connectivity index (χ0) is 11.8. The van der Waals surface area contributed by atoms with Crippen molar-refractivity contribution in [2.45, 2.75) is 48.8 Å². The van der Waals surface area contributed by atoms with Crippen LogP contribution >= 0.6 is 11.8 Å². The van der Waals surface area contributed by atoms with E-state index in [9.17, 15) is 0 Å². The van der Waals surface area contributed by atoms with Gasteiger partial charge in [-0.2, -0.15) is 11.8 Å². The van der Waals surface area contributed by atoms with Crippen LogP contribution in [0.25, 0.3) is 0 Å². The average Bonchev–Trinajstić information content (AvgIpc) is 2.16. The Morgan fingerprint density at radius 2 is 1.88 bits per heavy atom. The minimum Gasteiger partial charge on any atom is -0.381 e. The second kappa shape index (κ2) is 4.84. The Bertz CT molecular complexity index is 233. The van der Waals surface area contributed by atoms with Gasteiger partial charge in [0.25, 0.3) is 0 Å². The number of nitrogens with zero attached hydrogens (tertiary/aromatic N) is 1. The highest BCUT2D eigenvalue weighted by atomic mass is 32.2. The van der Waals surface area contributed by atoms with Gasteiger partial charge in [-0.25, -0.2) is 0 Å². The van der Waals surface area contributed by atoms with E-state index in [1.807, 2.05) is 7.11 Å². The Hall–Kier alpha value is 0.230. The molecule has 2 unspecified atom stereocenters. The fourth-order valence-corrected chi connectivity index (χ4v) is 4.40. The number of thioether (sulfide) groups is 1. The van der Waals surface area contributed by atoms with Crippen molar-refractivity contribution in [1.29, 1.82) is 0 Å². The highest BCUT2D eigenvalue weighted by Crippen LogP contribution is 2.41. The van der Waals surface area contributed by atoms with Crippen LogP contribution in [0.5, 0.6) is 0 Å². The molecule has 94 valence electrons. The second-order valence-electron chi connectivity index (χ2n) is 5.36. The number of rotatable bonds is 3. The van der Waals surface area contributed by atoms with Crippen LogP contribution in [0, 0.1) is 0 Å². The maximum Gasteiger partial charge on any atom is 0.0607 e. The zero-order valence-electron chi connectivity index (χ0n) is 10.6. The van der Waals surface area contributed by atoms with Crippen molar-refractivity contribution in [2.75, 3.05) is 26.7 Å². The largest absolute Gasteiger partial charge is 0.381 e. The Labute approximate surface area is 103 Å². The normalized spacial score (nSPS) is 45.4. The first-order chi connectivity index (χ1) is 7.59. The molecule has 2 rings (SSSR count). The maximum absolute atomic E-state index is 6.00. The van der Waals surface area contributed by atoms with Gasteiger partial charge in [0.2, 0.25) is 0 Å². The van der Waals surface area contributed by atoms with Crippen molar-refractivity contribution in [3.63, 3.8) is 0 Å². The van der Waals surface area contributed by atoms with Crippen molar-refractivity contribution in [2.24, 2.45) is 5.73 Å². The molecule has 1 saturated carbocycles. The van der Waals surface area contributed by atoms with Crippen molar-refractivity contribution in [3.05, 3.63) is 0 Å². The molecule has 3 nitrogen and oxygen atoms in total. The maximum atomic E-state index is 6.00. The smallest absolute Gasteiger partial charge is 0.0607 e. The summed E-state index contributed by atoms with van der Waals surface area (Å²) in [7, 11) is 1.81. The number of hydrogen-bond donors (Lipinski definition) is 1. The fraction of sp³-hybridized carbons (Fsp3) is 1.00. The Morgan fingerprint density at radius 1 is 1.31 bits per heavy atom. The first-order valence-electron chi connectivity index (χ1n) is 6.23. The molecule has 16 heavy (non-hydrogen) atoms. The van der Waals surface area contributed by atoms with E-state index in [-0.39, 0.29) is 5.54 Å². The summed E-state index contributed by atoms with van der Waals surface area (Å²) in [5.41, 5.74) is 6.24. The summed E-state index contributed by atoms with van der Waals surface area (Å²) < 4.78 is 5.40. The minimum atomic E-state index is 0.240. The minimum absolute atomic E-state index is 0.240. The van der Waals surface area contributed by atoms with E-state index in [1.54, 1.807) is 0 Å². The van der Waals surface area contributed by atoms with E-state index in [2.05, 4.69) is 30.5 Å². The molecular weight excluding hydrogens is 220 g/mol. The molecule has 1 aliphatic carbocycles. The summed E-state index contributed by atoms with van der Waals surface area (Å²) in [6, 6.07) is 0. The second-order valence-corrected chi connectivity index (χ2v) is 7.24.